The van der Waals surface area contributed by atoms with E-state index in [1.54, 1.807) is 0 Å². The molecule has 0 radical (unpaired) electrons. The average molecular weight is 204 g/mol. The van der Waals surface area contributed by atoms with Gasteiger partial charge >= 0.3 is 0 Å². The highest BCUT2D eigenvalue weighted by molar-refractivity contribution is 5.74. The second-order valence-corrected chi connectivity index (χ2v) is 4.09. The molecule has 1 aliphatic heterocycles. The lowest BCUT2D eigenvalue weighted by atomic mass is 10.1. The fourth-order valence-corrected chi connectivity index (χ4v) is 1.90. The number of aromatic nitrogens is 2. The molecule has 1 aliphatic carbocycles. The van der Waals surface area contributed by atoms with Gasteiger partial charge in [0, 0.05) is 17.9 Å². The number of hydrogen-bond donors (Lipinski definition) is 0. The van der Waals surface area contributed by atoms with Crippen LogP contribution in [0.15, 0.2) is 0 Å². The van der Waals surface area contributed by atoms with Crippen LogP contribution in [0.3, 0.4) is 0 Å². The molecule has 0 aromatic carbocycles. The molecule has 0 atom stereocenters. The Bertz CT molecular complexity index is 413. The van der Waals surface area contributed by atoms with Gasteiger partial charge in [0.05, 0.1) is 18.9 Å². The smallest absolute Gasteiger partial charge is 0.168 e. The van der Waals surface area contributed by atoms with Crippen LogP contribution in [-0.2, 0) is 17.8 Å². The molecule has 2 aliphatic rings. The molecule has 1 aromatic heterocycles. The van der Waals surface area contributed by atoms with Gasteiger partial charge < -0.3 is 4.74 Å². The van der Waals surface area contributed by atoms with Crippen LogP contribution in [0.25, 0.3) is 0 Å². The maximum absolute atomic E-state index is 10.9. The summed E-state index contributed by atoms with van der Waals surface area (Å²) in [4.78, 5) is 19.8. The quantitative estimate of drug-likeness (QED) is 0.680. The molecule has 0 saturated heterocycles. The topological polar surface area (TPSA) is 52.1 Å². The Labute approximate surface area is 87.7 Å². The van der Waals surface area contributed by atoms with Crippen molar-refractivity contribution in [3.8, 4) is 0 Å². The van der Waals surface area contributed by atoms with Crippen molar-refractivity contribution in [3.05, 3.63) is 22.8 Å². The molecule has 3 rings (SSSR count). The van der Waals surface area contributed by atoms with Gasteiger partial charge in [-0.05, 0) is 12.8 Å². The molecule has 1 saturated carbocycles. The number of carbonyl (C=O) groups is 1. The number of aldehydes is 1. The molecular formula is C11H12N2O2. The molecule has 0 amide bonds. The summed E-state index contributed by atoms with van der Waals surface area (Å²) in [6, 6.07) is 0. The third kappa shape index (κ3) is 1.55. The third-order valence-electron chi connectivity index (χ3n) is 2.93. The number of ether oxygens (including phenoxy) is 1. The Morgan fingerprint density at radius 3 is 2.93 bits per heavy atom. The molecule has 15 heavy (non-hydrogen) atoms. The normalized spacial score (nSPS) is 19.7. The van der Waals surface area contributed by atoms with E-state index in [1.807, 2.05) is 0 Å². The zero-order valence-corrected chi connectivity index (χ0v) is 8.40. The van der Waals surface area contributed by atoms with Crippen LogP contribution in [0, 0.1) is 0 Å². The van der Waals surface area contributed by atoms with Crippen LogP contribution in [0.2, 0.25) is 0 Å². The summed E-state index contributed by atoms with van der Waals surface area (Å²) in [5.74, 6) is 1.36. The number of carbonyl (C=O) groups excluding carboxylic acids is 1. The monoisotopic (exact) mass is 204 g/mol. The molecular weight excluding hydrogens is 192 g/mol. The Hall–Kier alpha value is -1.29. The van der Waals surface area contributed by atoms with E-state index in [1.165, 1.54) is 0 Å². The van der Waals surface area contributed by atoms with E-state index >= 15 is 0 Å². The minimum Gasteiger partial charge on any atom is -0.376 e. The second-order valence-electron chi connectivity index (χ2n) is 4.09. The van der Waals surface area contributed by atoms with Crippen molar-refractivity contribution in [1.29, 1.82) is 0 Å². The summed E-state index contributed by atoms with van der Waals surface area (Å²) >= 11 is 0. The van der Waals surface area contributed by atoms with Gasteiger partial charge in [-0.25, -0.2) is 9.97 Å². The van der Waals surface area contributed by atoms with Gasteiger partial charge in [0.15, 0.2) is 6.29 Å². The van der Waals surface area contributed by atoms with Gasteiger partial charge in [-0.3, -0.25) is 4.79 Å². The van der Waals surface area contributed by atoms with Crippen LogP contribution < -0.4 is 0 Å². The summed E-state index contributed by atoms with van der Waals surface area (Å²) in [5, 5.41) is 0. The average Bonchev–Trinajstić information content (AvgIpc) is 3.11. The van der Waals surface area contributed by atoms with Crippen molar-refractivity contribution >= 4 is 6.29 Å². The first kappa shape index (κ1) is 8.97. The summed E-state index contributed by atoms with van der Waals surface area (Å²) in [6.07, 6.45) is 3.95. The predicted octanol–water partition coefficient (Wildman–Crippen LogP) is 1.24. The molecule has 0 N–H and O–H groups in total. The Morgan fingerprint density at radius 1 is 1.33 bits per heavy atom. The van der Waals surface area contributed by atoms with E-state index in [2.05, 4.69) is 9.97 Å². The highest BCUT2D eigenvalue weighted by Gasteiger charge is 2.29. The summed E-state index contributed by atoms with van der Waals surface area (Å²) in [7, 11) is 0. The predicted molar refractivity (Wildman–Crippen MR) is 52.8 cm³/mol. The van der Waals surface area contributed by atoms with Gasteiger partial charge in [-0.1, -0.05) is 0 Å². The lowest BCUT2D eigenvalue weighted by Gasteiger charge is -2.17. The Kier molecular flexibility index (Phi) is 2.02. The highest BCUT2D eigenvalue weighted by Crippen LogP contribution is 2.38. The maximum Gasteiger partial charge on any atom is 0.168 e. The molecule has 1 aromatic rings. The molecule has 2 heterocycles. The lowest BCUT2D eigenvalue weighted by Crippen LogP contribution is -2.17. The summed E-state index contributed by atoms with van der Waals surface area (Å²) in [5.41, 5.74) is 2.43. The van der Waals surface area contributed by atoms with E-state index in [-0.39, 0.29) is 0 Å². The molecule has 0 spiro atoms. The highest BCUT2D eigenvalue weighted by atomic mass is 16.5. The van der Waals surface area contributed by atoms with E-state index in [0.29, 0.717) is 24.8 Å². The van der Waals surface area contributed by atoms with Crippen molar-refractivity contribution in [1.82, 2.24) is 9.97 Å². The minimum absolute atomic E-state index is 0.481. The molecule has 4 nitrogen and oxygen atoms in total. The number of rotatable bonds is 2. The Balaban J connectivity index is 2.10. The van der Waals surface area contributed by atoms with Crippen molar-refractivity contribution in [2.24, 2.45) is 0 Å². The third-order valence-corrected chi connectivity index (χ3v) is 2.93. The van der Waals surface area contributed by atoms with Crippen molar-refractivity contribution in [3.63, 3.8) is 0 Å². The number of nitrogens with zero attached hydrogens (tertiary/aromatic N) is 2. The fraction of sp³-hybridized carbons (Fsp3) is 0.545. The molecule has 0 unspecified atom stereocenters. The van der Waals surface area contributed by atoms with Crippen LogP contribution >= 0.6 is 0 Å². The van der Waals surface area contributed by atoms with E-state index in [9.17, 15) is 4.79 Å². The van der Waals surface area contributed by atoms with Crippen molar-refractivity contribution in [2.75, 3.05) is 6.61 Å². The van der Waals surface area contributed by atoms with Crippen molar-refractivity contribution in [2.45, 2.75) is 31.8 Å². The zero-order valence-electron chi connectivity index (χ0n) is 8.40. The van der Waals surface area contributed by atoms with Gasteiger partial charge in [-0.2, -0.15) is 0 Å². The second kappa shape index (κ2) is 3.38. The molecule has 0 bridgehead atoms. The zero-order chi connectivity index (χ0) is 10.3. The summed E-state index contributed by atoms with van der Waals surface area (Å²) in [6.45, 7) is 1.18. The van der Waals surface area contributed by atoms with Gasteiger partial charge in [-0.15, -0.1) is 0 Å². The fourth-order valence-electron chi connectivity index (χ4n) is 1.90. The lowest BCUT2D eigenvalue weighted by molar-refractivity contribution is 0.103. The van der Waals surface area contributed by atoms with Crippen LogP contribution in [0.5, 0.6) is 0 Å². The Morgan fingerprint density at radius 2 is 2.20 bits per heavy atom. The van der Waals surface area contributed by atoms with Gasteiger partial charge in [0.1, 0.15) is 11.5 Å². The molecule has 1 fully saturated rings. The van der Waals surface area contributed by atoms with E-state index < -0.39 is 0 Å². The van der Waals surface area contributed by atoms with Crippen LogP contribution in [0.4, 0.5) is 0 Å². The summed E-state index contributed by atoms with van der Waals surface area (Å²) < 4.78 is 5.32. The molecule has 78 valence electrons. The van der Waals surface area contributed by atoms with Gasteiger partial charge in [0.25, 0.3) is 0 Å². The SMILES string of the molecule is O=Cc1nc(C2CC2)nc2c1COCC2. The molecule has 4 heteroatoms. The largest absolute Gasteiger partial charge is 0.376 e. The standard InChI is InChI=1S/C11H12N2O2/c14-5-10-8-6-15-4-3-9(8)12-11(13-10)7-1-2-7/h5,7H,1-4,6H2. The number of hydrogen-bond acceptors (Lipinski definition) is 4. The van der Waals surface area contributed by atoms with Crippen LogP contribution in [0.1, 0.15) is 46.3 Å². The van der Waals surface area contributed by atoms with E-state index in [4.69, 9.17) is 4.74 Å². The minimum atomic E-state index is 0.481. The first-order valence-corrected chi connectivity index (χ1v) is 5.31. The number of fused-ring (bicyclic) bond motifs is 1. The van der Waals surface area contributed by atoms with Gasteiger partial charge in [0.2, 0.25) is 0 Å². The van der Waals surface area contributed by atoms with Crippen molar-refractivity contribution < 1.29 is 9.53 Å². The van der Waals surface area contributed by atoms with Crippen LogP contribution in [-0.4, -0.2) is 22.9 Å². The maximum atomic E-state index is 10.9. The first-order valence-electron chi connectivity index (χ1n) is 5.31. The first-order chi connectivity index (χ1) is 7.38. The van der Waals surface area contributed by atoms with E-state index in [0.717, 1.165) is 42.6 Å².